The van der Waals surface area contributed by atoms with Gasteiger partial charge in [-0.3, -0.25) is 4.79 Å². The van der Waals surface area contributed by atoms with Crippen LogP contribution in [0.3, 0.4) is 0 Å². The molecule has 0 saturated carbocycles. The van der Waals surface area contributed by atoms with Gasteiger partial charge in [0.2, 0.25) is 5.91 Å². The Hall–Kier alpha value is -4.53. The number of hydrogen-bond donors (Lipinski definition) is 0. The molecule has 6 rings (SSSR count). The monoisotopic (exact) mass is 521 g/mol. The van der Waals surface area contributed by atoms with Gasteiger partial charge in [0.25, 0.3) is 0 Å². The second-order valence-corrected chi connectivity index (χ2v) is 10.0. The first-order chi connectivity index (χ1) is 19.0. The van der Waals surface area contributed by atoms with Gasteiger partial charge in [-0.2, -0.15) is 5.10 Å². The molecule has 5 aromatic rings. The zero-order valence-corrected chi connectivity index (χ0v) is 22.5. The molecule has 2 aromatic carbocycles. The van der Waals surface area contributed by atoms with Crippen molar-refractivity contribution in [2.75, 3.05) is 13.1 Å². The molecule has 1 aliphatic rings. The molecule has 0 unspecified atom stereocenters. The SMILES string of the molecule is C=CC(=O)N1CCC[C@@H](n2nc(-c3ccc(Oc4ccc5c(c4)ncn5C)c(C)c3)c3c(CC)ncnc32)C1. The van der Waals surface area contributed by atoms with Crippen molar-refractivity contribution in [1.29, 1.82) is 0 Å². The summed E-state index contributed by atoms with van der Waals surface area (Å²) in [6.45, 7) is 9.10. The van der Waals surface area contributed by atoms with Crippen molar-refractivity contribution in [1.82, 2.24) is 34.2 Å². The van der Waals surface area contributed by atoms with E-state index in [0.717, 1.165) is 81.9 Å². The maximum absolute atomic E-state index is 12.3. The van der Waals surface area contributed by atoms with Crippen molar-refractivity contribution in [2.24, 2.45) is 7.05 Å². The second kappa shape index (κ2) is 9.98. The van der Waals surface area contributed by atoms with Crippen molar-refractivity contribution in [2.45, 2.75) is 39.2 Å². The quantitative estimate of drug-likeness (QED) is 0.278. The number of rotatable bonds is 6. The predicted molar refractivity (Wildman–Crippen MR) is 151 cm³/mol. The number of hydrogen-bond acceptors (Lipinski definition) is 6. The Bertz CT molecular complexity index is 1720. The molecule has 9 nitrogen and oxygen atoms in total. The fourth-order valence-electron chi connectivity index (χ4n) is 5.46. The molecule has 1 saturated heterocycles. The molecule has 1 aliphatic heterocycles. The number of amides is 1. The summed E-state index contributed by atoms with van der Waals surface area (Å²) >= 11 is 0. The van der Waals surface area contributed by atoms with E-state index in [1.807, 2.05) is 58.5 Å². The Morgan fingerprint density at radius 3 is 2.85 bits per heavy atom. The number of imidazole rings is 1. The van der Waals surface area contributed by atoms with Crippen LogP contribution < -0.4 is 4.74 Å². The molecule has 0 N–H and O–H groups in total. The van der Waals surface area contributed by atoms with E-state index in [9.17, 15) is 4.79 Å². The number of piperidine rings is 1. The van der Waals surface area contributed by atoms with Crippen LogP contribution in [0.25, 0.3) is 33.3 Å². The number of benzene rings is 2. The molecule has 9 heteroatoms. The first-order valence-corrected chi connectivity index (χ1v) is 13.3. The Morgan fingerprint density at radius 1 is 1.18 bits per heavy atom. The number of likely N-dealkylation sites (tertiary alicyclic amines) is 1. The van der Waals surface area contributed by atoms with Gasteiger partial charge in [-0.05, 0) is 68.2 Å². The smallest absolute Gasteiger partial charge is 0.246 e. The summed E-state index contributed by atoms with van der Waals surface area (Å²) in [6, 6.07) is 12.1. The van der Waals surface area contributed by atoms with Crippen molar-refractivity contribution in [3.05, 3.63) is 73.0 Å². The molecular formula is C30H31N7O2. The highest BCUT2D eigenvalue weighted by molar-refractivity contribution is 5.93. The fraction of sp³-hybridized carbons (Fsp3) is 0.300. The summed E-state index contributed by atoms with van der Waals surface area (Å²) < 4.78 is 10.2. The first-order valence-electron chi connectivity index (χ1n) is 13.3. The standard InChI is InChI=1S/C30H31N7O2/c1-5-23-28-29(34-37(30(28)32-17-31-23)21-8-7-13-36(16-21)27(38)6-2)20-9-12-26(19(3)14-20)39-22-10-11-25-24(15-22)33-18-35(25)4/h6,9-12,14-15,17-18,21H,2,5,7-8,13,16H2,1,3-4H3/t21-/m1/s1. The van der Waals surface area contributed by atoms with Crippen LogP contribution in [0.1, 0.15) is 37.1 Å². The maximum Gasteiger partial charge on any atom is 0.246 e. The minimum Gasteiger partial charge on any atom is -0.457 e. The van der Waals surface area contributed by atoms with E-state index in [1.165, 1.54) is 6.08 Å². The molecule has 0 radical (unpaired) electrons. The molecule has 1 amide bonds. The van der Waals surface area contributed by atoms with E-state index in [4.69, 9.17) is 9.84 Å². The van der Waals surface area contributed by atoms with Crippen LogP contribution >= 0.6 is 0 Å². The van der Waals surface area contributed by atoms with Crippen LogP contribution in [0, 0.1) is 6.92 Å². The average Bonchev–Trinajstić information content (AvgIpc) is 3.54. The summed E-state index contributed by atoms with van der Waals surface area (Å²) in [4.78, 5) is 27.8. The Balaban J connectivity index is 1.37. The second-order valence-electron chi connectivity index (χ2n) is 10.0. The molecule has 39 heavy (non-hydrogen) atoms. The van der Waals surface area contributed by atoms with Crippen LogP contribution in [0.15, 0.2) is 61.7 Å². The fourth-order valence-corrected chi connectivity index (χ4v) is 5.46. The van der Waals surface area contributed by atoms with E-state index in [0.29, 0.717) is 6.54 Å². The molecule has 3 aromatic heterocycles. The van der Waals surface area contributed by atoms with Gasteiger partial charge >= 0.3 is 0 Å². The maximum atomic E-state index is 12.3. The van der Waals surface area contributed by atoms with Gasteiger partial charge in [0.05, 0.1) is 34.5 Å². The lowest BCUT2D eigenvalue weighted by Crippen LogP contribution is -2.40. The lowest BCUT2D eigenvalue weighted by atomic mass is 10.0. The molecule has 1 fully saturated rings. The highest BCUT2D eigenvalue weighted by Crippen LogP contribution is 2.36. The first kappa shape index (κ1) is 24.8. The number of aromatic nitrogens is 6. The van der Waals surface area contributed by atoms with Gasteiger partial charge < -0.3 is 14.2 Å². The van der Waals surface area contributed by atoms with Crippen molar-refractivity contribution < 1.29 is 9.53 Å². The van der Waals surface area contributed by atoms with Crippen molar-refractivity contribution in [3.63, 3.8) is 0 Å². The third-order valence-electron chi connectivity index (χ3n) is 7.50. The summed E-state index contributed by atoms with van der Waals surface area (Å²) in [5.41, 5.74) is 6.52. The molecule has 0 bridgehead atoms. The minimum absolute atomic E-state index is 0.0312. The van der Waals surface area contributed by atoms with Crippen LogP contribution in [0.4, 0.5) is 0 Å². The molecular weight excluding hydrogens is 490 g/mol. The lowest BCUT2D eigenvalue weighted by molar-refractivity contribution is -0.127. The number of carbonyl (C=O) groups is 1. The number of ether oxygens (including phenoxy) is 1. The molecule has 198 valence electrons. The van der Waals surface area contributed by atoms with Gasteiger partial charge in [0.15, 0.2) is 5.65 Å². The van der Waals surface area contributed by atoms with E-state index in [1.54, 1.807) is 12.7 Å². The minimum atomic E-state index is -0.0475. The normalized spacial score (nSPS) is 15.7. The Kier molecular flexibility index (Phi) is 6.34. The number of nitrogens with zero attached hydrogens (tertiary/aromatic N) is 7. The highest BCUT2D eigenvalue weighted by Gasteiger charge is 2.28. The van der Waals surface area contributed by atoms with Gasteiger partial charge in [0.1, 0.15) is 23.5 Å². The third kappa shape index (κ3) is 4.43. The predicted octanol–water partition coefficient (Wildman–Crippen LogP) is 5.39. The summed E-state index contributed by atoms with van der Waals surface area (Å²) in [7, 11) is 1.98. The summed E-state index contributed by atoms with van der Waals surface area (Å²) in [5.74, 6) is 1.47. The number of fused-ring (bicyclic) bond motifs is 2. The van der Waals surface area contributed by atoms with Gasteiger partial charge in [0, 0.05) is 31.8 Å². The lowest BCUT2D eigenvalue weighted by Gasteiger charge is -2.32. The number of carbonyl (C=O) groups excluding carboxylic acids is 1. The topological polar surface area (TPSA) is 91.0 Å². The van der Waals surface area contributed by atoms with Crippen LogP contribution in [-0.4, -0.2) is 53.2 Å². The van der Waals surface area contributed by atoms with Crippen LogP contribution in [0.5, 0.6) is 11.5 Å². The largest absolute Gasteiger partial charge is 0.457 e. The number of aryl methyl sites for hydroxylation is 3. The summed E-state index contributed by atoms with van der Waals surface area (Å²) in [5, 5.41) is 6.06. The third-order valence-corrected chi connectivity index (χ3v) is 7.50. The molecule has 0 spiro atoms. The summed E-state index contributed by atoms with van der Waals surface area (Å²) in [6.07, 6.45) is 7.39. The van der Waals surface area contributed by atoms with E-state index < -0.39 is 0 Å². The zero-order valence-electron chi connectivity index (χ0n) is 22.5. The molecule has 0 aliphatic carbocycles. The van der Waals surface area contributed by atoms with Crippen LogP contribution in [-0.2, 0) is 18.3 Å². The van der Waals surface area contributed by atoms with E-state index in [2.05, 4.69) is 34.5 Å². The Labute approximate surface area is 226 Å². The van der Waals surface area contributed by atoms with Gasteiger partial charge in [-0.25, -0.2) is 19.6 Å². The highest BCUT2D eigenvalue weighted by atomic mass is 16.5. The van der Waals surface area contributed by atoms with Crippen molar-refractivity contribution >= 4 is 28.0 Å². The molecule has 4 heterocycles. The van der Waals surface area contributed by atoms with E-state index in [-0.39, 0.29) is 11.9 Å². The van der Waals surface area contributed by atoms with Crippen molar-refractivity contribution in [3.8, 4) is 22.8 Å². The zero-order chi connectivity index (χ0) is 27.1. The Morgan fingerprint density at radius 2 is 2.05 bits per heavy atom. The van der Waals surface area contributed by atoms with Gasteiger partial charge in [-0.1, -0.05) is 13.5 Å². The van der Waals surface area contributed by atoms with E-state index >= 15 is 0 Å². The average molecular weight is 522 g/mol. The molecule has 1 atom stereocenters. The van der Waals surface area contributed by atoms with Gasteiger partial charge in [-0.15, -0.1) is 0 Å². The van der Waals surface area contributed by atoms with Crippen LogP contribution in [0.2, 0.25) is 0 Å².